The standard InChI is InChI=1S/C31H33N3O6S2/c1-31(2,3)40-30(38)34-16-15-23-24(18-34)42-28(27(23)29(37)39-4)33-26(36)19-41-22-12-8-11-21(17-22)32-25(35)14-13-20-9-6-5-7-10-20/h5-14,17H,15-16,18-19H2,1-4H3,(H,32,35)(H,33,36)/b14-13+. The average molecular weight is 608 g/mol. The van der Waals surface area contributed by atoms with Gasteiger partial charge in [-0.15, -0.1) is 23.1 Å². The summed E-state index contributed by atoms with van der Waals surface area (Å²) < 4.78 is 10.5. The van der Waals surface area contributed by atoms with Crippen LogP contribution in [-0.4, -0.2) is 53.8 Å². The first kappa shape index (κ1) is 30.9. The Balaban J connectivity index is 1.38. The number of thioether (sulfide) groups is 1. The van der Waals surface area contributed by atoms with Gasteiger partial charge >= 0.3 is 12.1 Å². The molecule has 3 aromatic rings. The molecule has 9 nitrogen and oxygen atoms in total. The second kappa shape index (κ2) is 13.7. The number of thiophene rings is 1. The number of benzene rings is 2. The first-order valence-electron chi connectivity index (χ1n) is 13.3. The van der Waals surface area contributed by atoms with Gasteiger partial charge in [0.05, 0.1) is 25.0 Å². The zero-order valence-electron chi connectivity index (χ0n) is 23.9. The molecule has 2 N–H and O–H groups in total. The van der Waals surface area contributed by atoms with Crippen molar-refractivity contribution in [3.8, 4) is 0 Å². The van der Waals surface area contributed by atoms with Crippen molar-refractivity contribution in [1.29, 1.82) is 0 Å². The zero-order valence-corrected chi connectivity index (χ0v) is 25.5. The van der Waals surface area contributed by atoms with Gasteiger partial charge in [0.15, 0.2) is 0 Å². The molecule has 1 aliphatic heterocycles. The van der Waals surface area contributed by atoms with Gasteiger partial charge in [-0.2, -0.15) is 0 Å². The highest BCUT2D eigenvalue weighted by Gasteiger charge is 2.32. The Hall–Kier alpha value is -4.09. The quantitative estimate of drug-likeness (QED) is 0.178. The monoisotopic (exact) mass is 607 g/mol. The van der Waals surface area contributed by atoms with Gasteiger partial charge in [0.25, 0.3) is 0 Å². The smallest absolute Gasteiger partial charge is 0.410 e. The van der Waals surface area contributed by atoms with Crippen molar-refractivity contribution in [2.45, 2.75) is 44.2 Å². The van der Waals surface area contributed by atoms with E-state index in [4.69, 9.17) is 9.47 Å². The molecule has 0 bridgehead atoms. The van der Waals surface area contributed by atoms with Gasteiger partial charge in [-0.05, 0) is 62.6 Å². The van der Waals surface area contributed by atoms with Crippen LogP contribution < -0.4 is 10.6 Å². The minimum absolute atomic E-state index is 0.0819. The minimum atomic E-state index is -0.620. The molecule has 3 amide bonds. The minimum Gasteiger partial charge on any atom is -0.465 e. The number of hydrogen-bond donors (Lipinski definition) is 2. The lowest BCUT2D eigenvalue weighted by Crippen LogP contribution is -2.39. The lowest BCUT2D eigenvalue weighted by molar-refractivity contribution is -0.114. The molecule has 220 valence electrons. The van der Waals surface area contributed by atoms with E-state index >= 15 is 0 Å². The lowest BCUT2D eigenvalue weighted by atomic mass is 10.0. The summed E-state index contributed by atoms with van der Waals surface area (Å²) in [6, 6.07) is 16.7. The molecule has 0 aliphatic carbocycles. The summed E-state index contributed by atoms with van der Waals surface area (Å²) in [7, 11) is 1.30. The molecule has 0 unspecified atom stereocenters. The highest BCUT2D eigenvalue weighted by atomic mass is 32.2. The van der Waals surface area contributed by atoms with Crippen molar-refractivity contribution in [3.05, 3.63) is 82.2 Å². The Labute approximate surface area is 253 Å². The summed E-state index contributed by atoms with van der Waals surface area (Å²) >= 11 is 2.56. The Morgan fingerprint density at radius 3 is 2.52 bits per heavy atom. The fourth-order valence-electron chi connectivity index (χ4n) is 4.19. The number of ether oxygens (including phenoxy) is 2. The number of amides is 3. The number of anilines is 2. The third kappa shape index (κ3) is 8.46. The number of nitrogens with one attached hydrogen (secondary N) is 2. The third-order valence-corrected chi connectivity index (χ3v) is 8.18. The van der Waals surface area contributed by atoms with E-state index in [9.17, 15) is 19.2 Å². The molecule has 1 aromatic heterocycles. The normalized spacial score (nSPS) is 12.9. The topological polar surface area (TPSA) is 114 Å². The van der Waals surface area contributed by atoms with Gasteiger partial charge in [0, 0.05) is 28.1 Å². The second-order valence-electron chi connectivity index (χ2n) is 10.4. The molecule has 0 saturated heterocycles. The molecule has 2 aromatic carbocycles. The zero-order chi connectivity index (χ0) is 30.3. The van der Waals surface area contributed by atoms with Crippen LogP contribution in [0.3, 0.4) is 0 Å². The third-order valence-electron chi connectivity index (χ3n) is 6.05. The number of nitrogens with zero attached hydrogens (tertiary/aromatic N) is 1. The summed E-state index contributed by atoms with van der Waals surface area (Å²) in [5.74, 6) is -1.02. The van der Waals surface area contributed by atoms with Crippen molar-refractivity contribution >= 4 is 63.7 Å². The van der Waals surface area contributed by atoms with Crippen LogP contribution in [0.1, 0.15) is 47.1 Å². The average Bonchev–Trinajstić information content (AvgIpc) is 3.31. The number of rotatable bonds is 8. The van der Waals surface area contributed by atoms with Crippen molar-refractivity contribution < 1.29 is 28.7 Å². The Bertz CT molecular complexity index is 1490. The molecule has 4 rings (SSSR count). The molecule has 42 heavy (non-hydrogen) atoms. The maximum Gasteiger partial charge on any atom is 0.410 e. The van der Waals surface area contributed by atoms with Crippen molar-refractivity contribution in [3.63, 3.8) is 0 Å². The van der Waals surface area contributed by atoms with E-state index in [1.165, 1.54) is 36.3 Å². The molecule has 0 radical (unpaired) electrons. The molecule has 0 fully saturated rings. The van der Waals surface area contributed by atoms with Crippen molar-refractivity contribution in [2.75, 3.05) is 30.0 Å². The van der Waals surface area contributed by atoms with Gasteiger partial charge in [-0.1, -0.05) is 36.4 Å². The van der Waals surface area contributed by atoms with Crippen LogP contribution in [0.2, 0.25) is 0 Å². The summed E-state index contributed by atoms with van der Waals surface area (Å²) in [4.78, 5) is 53.7. The van der Waals surface area contributed by atoms with E-state index in [1.54, 1.807) is 29.2 Å². The molecule has 0 spiro atoms. The highest BCUT2D eigenvalue weighted by molar-refractivity contribution is 8.00. The van der Waals surface area contributed by atoms with Crippen LogP contribution in [0.4, 0.5) is 15.5 Å². The van der Waals surface area contributed by atoms with Crippen LogP contribution in [0.5, 0.6) is 0 Å². The van der Waals surface area contributed by atoms with Gasteiger partial charge in [-0.25, -0.2) is 9.59 Å². The largest absolute Gasteiger partial charge is 0.465 e. The fraction of sp³-hybridized carbons (Fsp3) is 0.290. The van der Waals surface area contributed by atoms with Crippen LogP contribution in [0.25, 0.3) is 6.08 Å². The molecule has 0 atom stereocenters. The molecule has 11 heteroatoms. The number of fused-ring (bicyclic) bond motifs is 1. The molecule has 2 heterocycles. The maximum atomic E-state index is 12.9. The van der Waals surface area contributed by atoms with E-state index in [0.29, 0.717) is 29.2 Å². The van der Waals surface area contributed by atoms with Gasteiger partial charge < -0.3 is 25.0 Å². The van der Waals surface area contributed by atoms with Crippen molar-refractivity contribution in [2.24, 2.45) is 0 Å². The van der Waals surface area contributed by atoms with Crippen LogP contribution >= 0.6 is 23.1 Å². The highest BCUT2D eigenvalue weighted by Crippen LogP contribution is 2.38. The summed E-state index contributed by atoms with van der Waals surface area (Å²) in [5, 5.41) is 6.09. The van der Waals surface area contributed by atoms with E-state index in [1.807, 2.05) is 57.2 Å². The predicted molar refractivity (Wildman–Crippen MR) is 166 cm³/mol. The number of hydrogen-bond acceptors (Lipinski definition) is 8. The Kier molecular flexibility index (Phi) is 10.1. The van der Waals surface area contributed by atoms with Gasteiger partial charge in [0.2, 0.25) is 11.8 Å². The number of carbonyl (C=O) groups is 4. The van der Waals surface area contributed by atoms with Crippen molar-refractivity contribution in [1.82, 2.24) is 4.90 Å². The summed E-state index contributed by atoms with van der Waals surface area (Å²) in [6.07, 6.45) is 3.22. The number of carbonyl (C=O) groups excluding carboxylic acids is 4. The predicted octanol–water partition coefficient (Wildman–Crippen LogP) is 6.21. The molecule has 1 aliphatic rings. The summed E-state index contributed by atoms with van der Waals surface area (Å²) in [5.41, 5.74) is 2.01. The SMILES string of the molecule is COC(=O)c1c(NC(=O)CSc2cccc(NC(=O)/C=C/c3ccccc3)c2)sc2c1CCN(C(=O)OC(C)(C)C)C2. The van der Waals surface area contributed by atoms with Crippen LogP contribution in [0, 0.1) is 0 Å². The molecular weight excluding hydrogens is 574 g/mol. The Morgan fingerprint density at radius 1 is 1.05 bits per heavy atom. The summed E-state index contributed by atoms with van der Waals surface area (Å²) in [6.45, 7) is 6.10. The fourth-order valence-corrected chi connectivity index (χ4v) is 6.21. The Morgan fingerprint density at radius 2 is 1.81 bits per heavy atom. The van der Waals surface area contributed by atoms with Gasteiger partial charge in [-0.3, -0.25) is 9.59 Å². The number of esters is 1. The van der Waals surface area contributed by atoms with E-state index < -0.39 is 17.7 Å². The molecule has 0 saturated carbocycles. The van der Waals surface area contributed by atoms with Gasteiger partial charge in [0.1, 0.15) is 10.6 Å². The molecular formula is C31H33N3O6S2. The first-order valence-corrected chi connectivity index (χ1v) is 15.1. The van der Waals surface area contributed by atoms with Crippen LogP contribution in [0.15, 0.2) is 65.6 Å². The second-order valence-corrected chi connectivity index (χ2v) is 12.6. The lowest BCUT2D eigenvalue weighted by Gasteiger charge is -2.30. The van der Waals surface area contributed by atoms with E-state index in [2.05, 4.69) is 10.6 Å². The van der Waals surface area contributed by atoms with E-state index in [-0.39, 0.29) is 24.1 Å². The number of methoxy groups -OCH3 is 1. The maximum absolute atomic E-state index is 12.9. The van der Waals surface area contributed by atoms with Crippen LogP contribution in [-0.2, 0) is 32.0 Å². The van der Waals surface area contributed by atoms with E-state index in [0.717, 1.165) is 20.9 Å². The first-order chi connectivity index (χ1) is 20.0.